The zero-order chi connectivity index (χ0) is 20.5. The number of halogens is 1. The lowest BCUT2D eigenvalue weighted by molar-refractivity contribution is 0.195. The van der Waals surface area contributed by atoms with Crippen molar-refractivity contribution in [3.8, 4) is 5.75 Å². The van der Waals surface area contributed by atoms with Crippen LogP contribution < -0.4 is 15.4 Å². The molecule has 1 saturated heterocycles. The Balaban J connectivity index is 0.00000320. The van der Waals surface area contributed by atoms with E-state index in [1.54, 1.807) is 0 Å². The fourth-order valence-electron chi connectivity index (χ4n) is 3.48. The molecule has 1 aliphatic rings. The Morgan fingerprint density at radius 1 is 1.20 bits per heavy atom. The number of guanidine groups is 1. The SMILES string of the molecule is CN=C(NCC(C)Oc1ccc(C)cc1)NC1CCN(Cc2ccccn2)CC1.I. The first-order valence-corrected chi connectivity index (χ1v) is 10.4. The van der Waals surface area contributed by atoms with Crippen LogP contribution in [0.1, 0.15) is 31.0 Å². The number of hydrogen-bond donors (Lipinski definition) is 2. The maximum absolute atomic E-state index is 5.97. The zero-order valence-corrected chi connectivity index (χ0v) is 20.5. The number of piperidine rings is 1. The average Bonchev–Trinajstić information content (AvgIpc) is 2.75. The van der Waals surface area contributed by atoms with Crippen LogP contribution in [0.25, 0.3) is 0 Å². The molecule has 0 saturated carbocycles. The van der Waals surface area contributed by atoms with Crippen LogP contribution in [0.2, 0.25) is 0 Å². The van der Waals surface area contributed by atoms with E-state index in [9.17, 15) is 0 Å². The molecule has 3 rings (SSSR count). The maximum atomic E-state index is 5.97. The predicted molar refractivity (Wildman–Crippen MR) is 134 cm³/mol. The summed E-state index contributed by atoms with van der Waals surface area (Å²) in [6.07, 6.45) is 4.12. The van der Waals surface area contributed by atoms with Crippen LogP contribution in [-0.4, -0.2) is 54.7 Å². The van der Waals surface area contributed by atoms with Crippen LogP contribution in [0.15, 0.2) is 53.7 Å². The van der Waals surface area contributed by atoms with Gasteiger partial charge in [-0.1, -0.05) is 23.8 Å². The summed E-state index contributed by atoms with van der Waals surface area (Å²) >= 11 is 0. The molecule has 7 heteroatoms. The fraction of sp³-hybridized carbons (Fsp3) is 0.478. The molecule has 2 aromatic rings. The summed E-state index contributed by atoms with van der Waals surface area (Å²) in [7, 11) is 1.82. The van der Waals surface area contributed by atoms with Gasteiger partial charge in [-0.25, -0.2) is 0 Å². The van der Waals surface area contributed by atoms with Crippen molar-refractivity contribution >= 4 is 29.9 Å². The van der Waals surface area contributed by atoms with E-state index in [-0.39, 0.29) is 30.1 Å². The van der Waals surface area contributed by atoms with Crippen LogP contribution in [0.4, 0.5) is 0 Å². The number of aliphatic imine (C=N–C) groups is 1. The lowest BCUT2D eigenvalue weighted by Gasteiger charge is -2.33. The van der Waals surface area contributed by atoms with Crippen molar-refractivity contribution < 1.29 is 4.74 Å². The van der Waals surface area contributed by atoms with Crippen molar-refractivity contribution in [1.29, 1.82) is 0 Å². The average molecular weight is 523 g/mol. The van der Waals surface area contributed by atoms with E-state index in [2.05, 4.69) is 63.6 Å². The van der Waals surface area contributed by atoms with E-state index in [0.717, 1.165) is 49.9 Å². The number of aryl methyl sites for hydroxylation is 1. The highest BCUT2D eigenvalue weighted by atomic mass is 127. The molecule has 1 atom stereocenters. The first-order valence-electron chi connectivity index (χ1n) is 10.4. The van der Waals surface area contributed by atoms with E-state index in [1.165, 1.54) is 5.56 Å². The molecule has 1 aromatic carbocycles. The molecule has 0 bridgehead atoms. The second-order valence-corrected chi connectivity index (χ2v) is 7.71. The third-order valence-corrected chi connectivity index (χ3v) is 5.18. The third kappa shape index (κ3) is 8.10. The van der Waals surface area contributed by atoms with Gasteiger partial charge >= 0.3 is 0 Å². The van der Waals surface area contributed by atoms with Gasteiger partial charge in [-0.05, 0) is 51.0 Å². The Morgan fingerprint density at radius 2 is 1.93 bits per heavy atom. The number of aromatic nitrogens is 1. The molecule has 6 nitrogen and oxygen atoms in total. The minimum absolute atomic E-state index is 0. The van der Waals surface area contributed by atoms with Crippen LogP contribution in [-0.2, 0) is 6.54 Å². The lowest BCUT2D eigenvalue weighted by atomic mass is 10.0. The smallest absolute Gasteiger partial charge is 0.191 e. The quantitative estimate of drug-likeness (QED) is 0.330. The van der Waals surface area contributed by atoms with Gasteiger partial charge in [0, 0.05) is 38.9 Å². The minimum Gasteiger partial charge on any atom is -0.489 e. The number of likely N-dealkylation sites (tertiary alicyclic amines) is 1. The normalized spacial score (nSPS) is 16.4. The Morgan fingerprint density at radius 3 is 2.57 bits per heavy atom. The van der Waals surface area contributed by atoms with Crippen LogP contribution in [0, 0.1) is 6.92 Å². The van der Waals surface area contributed by atoms with Crippen LogP contribution in [0.3, 0.4) is 0 Å². The molecule has 2 heterocycles. The third-order valence-electron chi connectivity index (χ3n) is 5.18. The number of nitrogens with zero attached hydrogens (tertiary/aromatic N) is 3. The van der Waals surface area contributed by atoms with Gasteiger partial charge in [0.15, 0.2) is 5.96 Å². The number of pyridine rings is 1. The summed E-state index contributed by atoms with van der Waals surface area (Å²) in [6, 6.07) is 14.7. The van der Waals surface area contributed by atoms with Gasteiger partial charge in [-0.2, -0.15) is 0 Å². The molecular formula is C23H34IN5O. The maximum Gasteiger partial charge on any atom is 0.191 e. The first-order chi connectivity index (χ1) is 14.1. The Kier molecular flexibility index (Phi) is 10.4. The second kappa shape index (κ2) is 12.7. The molecule has 1 aromatic heterocycles. The number of nitrogens with one attached hydrogen (secondary N) is 2. The van der Waals surface area contributed by atoms with Gasteiger partial charge in [-0.3, -0.25) is 14.9 Å². The summed E-state index contributed by atoms with van der Waals surface area (Å²) < 4.78 is 5.97. The molecule has 30 heavy (non-hydrogen) atoms. The molecule has 0 radical (unpaired) electrons. The molecule has 0 amide bonds. The molecule has 164 valence electrons. The van der Waals surface area contributed by atoms with E-state index in [0.29, 0.717) is 12.6 Å². The van der Waals surface area contributed by atoms with E-state index < -0.39 is 0 Å². The highest BCUT2D eigenvalue weighted by molar-refractivity contribution is 14.0. The molecule has 0 aliphatic carbocycles. The standard InChI is InChI=1S/C23H33N5O.HI/c1-18-7-9-22(10-8-18)29-19(2)16-26-23(24-3)27-20-11-14-28(15-12-20)17-21-6-4-5-13-25-21;/h4-10,13,19-20H,11-12,14-17H2,1-3H3,(H2,24,26,27);1H. The number of benzene rings is 1. The molecule has 2 N–H and O–H groups in total. The summed E-state index contributed by atoms with van der Waals surface area (Å²) in [4.78, 5) is 11.3. The van der Waals surface area contributed by atoms with Gasteiger partial charge < -0.3 is 15.4 Å². The summed E-state index contributed by atoms with van der Waals surface area (Å²) in [5.41, 5.74) is 2.37. The van der Waals surface area contributed by atoms with Crippen molar-refractivity contribution in [3.63, 3.8) is 0 Å². The summed E-state index contributed by atoms with van der Waals surface area (Å²) in [5, 5.41) is 6.95. The number of rotatable bonds is 7. The molecule has 1 fully saturated rings. The largest absolute Gasteiger partial charge is 0.489 e. The molecule has 0 spiro atoms. The van der Waals surface area contributed by atoms with Gasteiger partial charge in [0.1, 0.15) is 11.9 Å². The first kappa shape index (κ1) is 24.4. The topological polar surface area (TPSA) is 61.8 Å². The molecular weight excluding hydrogens is 489 g/mol. The van der Waals surface area contributed by atoms with E-state index in [4.69, 9.17) is 4.74 Å². The van der Waals surface area contributed by atoms with Gasteiger partial charge in [0.25, 0.3) is 0 Å². The Bertz CT molecular complexity index is 761. The predicted octanol–water partition coefficient (Wildman–Crippen LogP) is 3.60. The Labute approximate surface area is 197 Å². The summed E-state index contributed by atoms with van der Waals surface area (Å²) in [5.74, 6) is 1.74. The highest BCUT2D eigenvalue weighted by Crippen LogP contribution is 2.14. The highest BCUT2D eigenvalue weighted by Gasteiger charge is 2.20. The molecule has 1 unspecified atom stereocenters. The van der Waals surface area contributed by atoms with Gasteiger partial charge in [0.2, 0.25) is 0 Å². The Hall–Kier alpha value is -1.87. The van der Waals surface area contributed by atoms with Crippen LogP contribution >= 0.6 is 24.0 Å². The van der Waals surface area contributed by atoms with Gasteiger partial charge in [0.05, 0.1) is 12.2 Å². The minimum atomic E-state index is 0. The number of ether oxygens (including phenoxy) is 1. The van der Waals surface area contributed by atoms with Crippen molar-refractivity contribution in [1.82, 2.24) is 20.5 Å². The summed E-state index contributed by atoms with van der Waals surface area (Å²) in [6.45, 7) is 7.90. The fourth-order valence-corrected chi connectivity index (χ4v) is 3.48. The lowest BCUT2D eigenvalue weighted by Crippen LogP contribution is -2.49. The van der Waals surface area contributed by atoms with E-state index >= 15 is 0 Å². The van der Waals surface area contributed by atoms with E-state index in [1.807, 2.05) is 31.4 Å². The number of hydrogen-bond acceptors (Lipinski definition) is 4. The van der Waals surface area contributed by atoms with Crippen molar-refractivity contribution in [3.05, 3.63) is 59.9 Å². The van der Waals surface area contributed by atoms with Crippen molar-refractivity contribution in [2.24, 2.45) is 4.99 Å². The monoisotopic (exact) mass is 523 g/mol. The molecule has 1 aliphatic heterocycles. The second-order valence-electron chi connectivity index (χ2n) is 7.71. The van der Waals surface area contributed by atoms with Gasteiger partial charge in [-0.15, -0.1) is 24.0 Å². The van der Waals surface area contributed by atoms with Crippen molar-refractivity contribution in [2.45, 2.75) is 45.4 Å². The zero-order valence-electron chi connectivity index (χ0n) is 18.2. The van der Waals surface area contributed by atoms with Crippen molar-refractivity contribution in [2.75, 3.05) is 26.7 Å². The van der Waals surface area contributed by atoms with Crippen LogP contribution in [0.5, 0.6) is 5.75 Å².